The molecule has 0 aromatic heterocycles. The van der Waals surface area contributed by atoms with Crippen LogP contribution in [0.2, 0.25) is 0 Å². The number of nitrogens with zero attached hydrogens (tertiary/aromatic N) is 3. The van der Waals surface area contributed by atoms with Crippen LogP contribution in [0.25, 0.3) is 0 Å². The number of carbonyl (C=O) groups excluding carboxylic acids is 4. The molecule has 0 spiro atoms. The number of alkyl halides is 4. The van der Waals surface area contributed by atoms with Crippen molar-refractivity contribution in [2.45, 2.75) is 76.9 Å². The number of piperidine rings is 1. The number of carbonyl (C=O) groups is 4. The number of fused-ring (bicyclic) bond motifs is 1. The first-order valence-corrected chi connectivity index (χ1v) is 18.6. The number of hydrogen-bond acceptors (Lipinski definition) is 9. The van der Waals surface area contributed by atoms with Gasteiger partial charge in [-0.05, 0) is 83.9 Å². The lowest BCUT2D eigenvalue weighted by Crippen LogP contribution is -2.61. The minimum absolute atomic E-state index is 0.0287. The zero-order chi connectivity index (χ0) is 39.3. The minimum atomic E-state index is -5.01. The zero-order valence-electron chi connectivity index (χ0n) is 30.8. The first-order valence-electron chi connectivity index (χ1n) is 17.1. The average molecular weight is 863 g/mol. The van der Waals surface area contributed by atoms with Crippen molar-refractivity contribution >= 4 is 52.3 Å². The van der Waals surface area contributed by atoms with E-state index >= 15 is 0 Å². The molecule has 2 aromatic rings. The third kappa shape index (κ3) is 9.89. The molecule has 2 aromatic carbocycles. The van der Waals surface area contributed by atoms with Gasteiger partial charge in [-0.15, -0.1) is 0 Å². The minimum Gasteiger partial charge on any atom is -0.497 e. The smallest absolute Gasteiger partial charge is 0.417 e. The summed E-state index contributed by atoms with van der Waals surface area (Å²) in [7, 11) is 2.67. The lowest BCUT2D eigenvalue weighted by atomic mass is 9.96. The van der Waals surface area contributed by atoms with Gasteiger partial charge in [-0.25, -0.2) is 9.59 Å². The van der Waals surface area contributed by atoms with Gasteiger partial charge in [-0.2, -0.15) is 13.2 Å². The van der Waals surface area contributed by atoms with E-state index in [-0.39, 0.29) is 42.1 Å². The summed E-state index contributed by atoms with van der Waals surface area (Å²) in [5.74, 6) is -0.964. The molecule has 2 heterocycles. The Labute approximate surface area is 320 Å². The number of ether oxygens (including phenoxy) is 5. The van der Waals surface area contributed by atoms with Crippen molar-refractivity contribution in [1.82, 2.24) is 15.1 Å². The Kier molecular flexibility index (Phi) is 13.3. The van der Waals surface area contributed by atoms with Gasteiger partial charge in [0.05, 0.1) is 41.5 Å². The maximum absolute atomic E-state index is 14.9. The van der Waals surface area contributed by atoms with Crippen LogP contribution in [0.1, 0.15) is 63.4 Å². The highest BCUT2D eigenvalue weighted by Gasteiger charge is 2.51. The third-order valence-electron chi connectivity index (χ3n) is 8.64. The lowest BCUT2D eigenvalue weighted by Gasteiger charge is -2.43. The standard InChI is InChI=1S/C36H46F3IN4O9/c1-22(2)44(23-9-8-15-42(19-23)33(48)53-34(3,4)5)30(45)26-17-28-29(18-27(26)36(37,38)39)52-35(20-40,21-51-25-12-10-24(49-6)11-13-25)31(46)43(28)16-14-41-32(47)50-7/h10-13,17-18,22-23H,8-9,14-16,19-21H2,1-7H3,(H,41,47)/t23-,35?/m1/s1. The summed E-state index contributed by atoms with van der Waals surface area (Å²) in [5, 5.41) is 2.48. The molecule has 1 unspecified atom stereocenters. The van der Waals surface area contributed by atoms with Gasteiger partial charge in [0.15, 0.2) is 0 Å². The highest BCUT2D eigenvalue weighted by Crippen LogP contribution is 2.45. The Hall–Kier alpha value is -4.16. The van der Waals surface area contributed by atoms with Crippen LogP contribution in [-0.4, -0.2) is 109 Å². The molecule has 1 fully saturated rings. The number of likely N-dealkylation sites (tertiary alicyclic amines) is 1. The van der Waals surface area contributed by atoms with Crippen molar-refractivity contribution in [2.75, 3.05) is 56.3 Å². The van der Waals surface area contributed by atoms with E-state index in [0.29, 0.717) is 30.9 Å². The molecule has 17 heteroatoms. The number of nitrogens with one attached hydrogen (secondary N) is 1. The van der Waals surface area contributed by atoms with E-state index in [1.807, 2.05) is 22.6 Å². The van der Waals surface area contributed by atoms with E-state index < -0.39 is 64.6 Å². The number of alkyl carbamates (subject to hydrolysis) is 1. The summed E-state index contributed by atoms with van der Waals surface area (Å²) in [5.41, 5.74) is -4.60. The largest absolute Gasteiger partial charge is 0.497 e. The second kappa shape index (κ2) is 16.9. The summed E-state index contributed by atoms with van der Waals surface area (Å²) < 4.78 is 72.2. The van der Waals surface area contributed by atoms with Gasteiger partial charge in [0.1, 0.15) is 29.5 Å². The van der Waals surface area contributed by atoms with Crippen LogP contribution in [0, 0.1) is 0 Å². The molecular weight excluding hydrogens is 816 g/mol. The van der Waals surface area contributed by atoms with Crippen LogP contribution in [0.4, 0.5) is 28.4 Å². The van der Waals surface area contributed by atoms with Gasteiger partial charge in [0.2, 0.25) is 5.60 Å². The molecule has 292 valence electrons. The second-order valence-corrected chi connectivity index (χ2v) is 14.7. The molecule has 4 rings (SSSR count). The molecule has 13 nitrogen and oxygen atoms in total. The number of methoxy groups -OCH3 is 2. The predicted octanol–water partition coefficient (Wildman–Crippen LogP) is 6.30. The molecule has 1 saturated heterocycles. The maximum Gasteiger partial charge on any atom is 0.417 e. The average Bonchev–Trinajstić information content (AvgIpc) is 3.10. The Bertz CT molecular complexity index is 1650. The van der Waals surface area contributed by atoms with Gasteiger partial charge in [0.25, 0.3) is 11.8 Å². The summed E-state index contributed by atoms with van der Waals surface area (Å²) >= 11 is 1.91. The van der Waals surface area contributed by atoms with Gasteiger partial charge < -0.3 is 43.7 Å². The summed E-state index contributed by atoms with van der Waals surface area (Å²) in [6.45, 7) is 8.27. The second-order valence-electron chi connectivity index (χ2n) is 14.0. The summed E-state index contributed by atoms with van der Waals surface area (Å²) in [4.78, 5) is 57.6. The number of benzene rings is 2. The van der Waals surface area contributed by atoms with Crippen molar-refractivity contribution in [3.63, 3.8) is 0 Å². The van der Waals surface area contributed by atoms with Crippen molar-refractivity contribution < 1.29 is 56.0 Å². The molecule has 2 atom stereocenters. The first kappa shape index (κ1) is 41.6. The van der Waals surface area contributed by atoms with Crippen molar-refractivity contribution in [3.05, 3.63) is 47.5 Å². The molecule has 2 aliphatic heterocycles. The van der Waals surface area contributed by atoms with Crippen LogP contribution in [0.5, 0.6) is 17.2 Å². The molecule has 2 aliphatic rings. The van der Waals surface area contributed by atoms with E-state index in [1.54, 1.807) is 58.9 Å². The van der Waals surface area contributed by atoms with Crippen molar-refractivity contribution in [3.8, 4) is 17.2 Å². The molecule has 0 radical (unpaired) electrons. The monoisotopic (exact) mass is 862 g/mol. The van der Waals surface area contributed by atoms with E-state index in [4.69, 9.17) is 18.9 Å². The van der Waals surface area contributed by atoms with Gasteiger partial charge in [-0.1, -0.05) is 22.6 Å². The number of amides is 4. The lowest BCUT2D eigenvalue weighted by molar-refractivity contribution is -0.138. The first-order chi connectivity index (χ1) is 24.8. The number of hydrogen-bond donors (Lipinski definition) is 1. The highest BCUT2D eigenvalue weighted by molar-refractivity contribution is 14.1. The Balaban J connectivity index is 1.77. The highest BCUT2D eigenvalue weighted by atomic mass is 127. The number of rotatable bonds is 11. The maximum atomic E-state index is 14.9. The van der Waals surface area contributed by atoms with E-state index in [0.717, 1.165) is 19.2 Å². The van der Waals surface area contributed by atoms with Gasteiger partial charge >= 0.3 is 18.4 Å². The Morgan fingerprint density at radius 1 is 1.09 bits per heavy atom. The zero-order valence-corrected chi connectivity index (χ0v) is 33.0. The predicted molar refractivity (Wildman–Crippen MR) is 197 cm³/mol. The third-order valence-corrected chi connectivity index (χ3v) is 9.87. The number of halogens is 4. The molecule has 4 amide bonds. The molecule has 0 saturated carbocycles. The van der Waals surface area contributed by atoms with Crippen LogP contribution < -0.4 is 24.4 Å². The SMILES string of the molecule is COC(=O)NCCN1C(=O)C(CI)(COc2ccc(OC)cc2)Oc2cc(C(F)(F)F)c(C(=O)N(C(C)C)[C@@H]3CCCN(C(=O)OC(C)(C)C)C3)cc21. The van der Waals surface area contributed by atoms with E-state index in [2.05, 4.69) is 10.1 Å². The molecule has 53 heavy (non-hydrogen) atoms. The molecule has 0 aliphatic carbocycles. The fraction of sp³-hybridized carbons (Fsp3) is 0.556. The van der Waals surface area contributed by atoms with Gasteiger partial charge in [0, 0.05) is 32.2 Å². The topological polar surface area (TPSA) is 136 Å². The Morgan fingerprint density at radius 2 is 1.75 bits per heavy atom. The molecule has 1 N–H and O–H groups in total. The fourth-order valence-electron chi connectivity index (χ4n) is 6.17. The van der Waals surface area contributed by atoms with E-state index in [1.165, 1.54) is 21.8 Å². The fourth-order valence-corrected chi connectivity index (χ4v) is 6.87. The van der Waals surface area contributed by atoms with Crippen LogP contribution >= 0.6 is 22.6 Å². The quantitative estimate of drug-likeness (QED) is 0.204. The van der Waals surface area contributed by atoms with Crippen molar-refractivity contribution in [2.24, 2.45) is 0 Å². The van der Waals surface area contributed by atoms with Gasteiger partial charge in [-0.3, -0.25) is 9.59 Å². The van der Waals surface area contributed by atoms with E-state index in [9.17, 15) is 32.3 Å². The van der Waals surface area contributed by atoms with Crippen LogP contribution in [-0.2, 0) is 20.4 Å². The Morgan fingerprint density at radius 3 is 2.32 bits per heavy atom. The summed E-state index contributed by atoms with van der Waals surface area (Å²) in [6.07, 6.45) is -5.43. The van der Waals surface area contributed by atoms with Crippen molar-refractivity contribution in [1.29, 1.82) is 0 Å². The normalized spacial score (nSPS) is 18.9. The number of anilines is 1. The molecule has 0 bridgehead atoms. The molecular formula is C36H46F3IN4O9. The van der Waals surface area contributed by atoms with Crippen LogP contribution in [0.3, 0.4) is 0 Å². The van der Waals surface area contributed by atoms with Crippen LogP contribution in [0.15, 0.2) is 36.4 Å². The summed E-state index contributed by atoms with van der Waals surface area (Å²) in [6, 6.07) is 7.07.